The molecule has 162 valence electrons. The van der Waals surface area contributed by atoms with Gasteiger partial charge in [0.2, 0.25) is 5.91 Å². The molecule has 0 aliphatic carbocycles. The Labute approximate surface area is 180 Å². The number of amides is 3. The zero-order valence-electron chi connectivity index (χ0n) is 17.5. The second-order valence-corrected chi connectivity index (χ2v) is 7.80. The number of benzene rings is 2. The summed E-state index contributed by atoms with van der Waals surface area (Å²) in [6.07, 6.45) is 0. The Balaban J connectivity index is 1.29. The molecule has 0 spiro atoms. The minimum Gasteiger partial charge on any atom is -0.368 e. The van der Waals surface area contributed by atoms with E-state index in [2.05, 4.69) is 4.90 Å². The average molecular weight is 424 g/mol. The number of rotatable bonds is 5. The number of Topliss-reactive ketones (excluding diaryl/α,β-unsaturated/α-hetero) is 1. The van der Waals surface area contributed by atoms with Gasteiger partial charge in [-0.1, -0.05) is 0 Å². The highest BCUT2D eigenvalue weighted by atomic mass is 19.1. The third kappa shape index (κ3) is 4.52. The van der Waals surface area contributed by atoms with Crippen LogP contribution in [0.1, 0.15) is 17.3 Å². The molecular weight excluding hydrogens is 399 g/mol. The van der Waals surface area contributed by atoms with E-state index in [-0.39, 0.29) is 30.1 Å². The Hall–Kier alpha value is -3.42. The van der Waals surface area contributed by atoms with Crippen molar-refractivity contribution in [2.75, 3.05) is 55.6 Å². The first kappa shape index (κ1) is 20.8. The van der Waals surface area contributed by atoms with Crippen LogP contribution in [0.25, 0.3) is 0 Å². The third-order valence-electron chi connectivity index (χ3n) is 5.83. The van der Waals surface area contributed by atoms with Gasteiger partial charge in [-0.15, -0.1) is 0 Å². The van der Waals surface area contributed by atoms with E-state index in [9.17, 15) is 18.8 Å². The number of piperazine rings is 1. The minimum absolute atomic E-state index is 0.0384. The molecular formula is C23H25FN4O3. The topological polar surface area (TPSA) is 64.2 Å². The van der Waals surface area contributed by atoms with Crippen molar-refractivity contribution in [3.63, 3.8) is 0 Å². The molecule has 0 bridgehead atoms. The number of halogens is 1. The van der Waals surface area contributed by atoms with Gasteiger partial charge in [-0.2, -0.15) is 0 Å². The van der Waals surface area contributed by atoms with Gasteiger partial charge < -0.3 is 14.7 Å². The number of hydrogen-bond acceptors (Lipinski definition) is 4. The third-order valence-corrected chi connectivity index (χ3v) is 5.83. The molecule has 2 saturated heterocycles. The lowest BCUT2D eigenvalue weighted by Crippen LogP contribution is -2.51. The summed E-state index contributed by atoms with van der Waals surface area (Å²) in [5.74, 6) is -0.381. The van der Waals surface area contributed by atoms with Crippen molar-refractivity contribution < 1.29 is 18.8 Å². The molecule has 2 aliphatic rings. The molecule has 0 atom stereocenters. The number of ketones is 1. The van der Waals surface area contributed by atoms with Crippen molar-refractivity contribution in [3.05, 3.63) is 59.9 Å². The lowest BCUT2D eigenvalue weighted by atomic mass is 10.1. The van der Waals surface area contributed by atoms with E-state index < -0.39 is 0 Å². The second kappa shape index (κ2) is 8.75. The van der Waals surface area contributed by atoms with Gasteiger partial charge in [0.15, 0.2) is 5.78 Å². The fraction of sp³-hybridized carbons (Fsp3) is 0.348. The highest BCUT2D eigenvalue weighted by Crippen LogP contribution is 2.21. The largest absolute Gasteiger partial charge is 0.368 e. The predicted octanol–water partition coefficient (Wildman–Crippen LogP) is 2.62. The first-order valence-electron chi connectivity index (χ1n) is 10.4. The van der Waals surface area contributed by atoms with E-state index in [1.807, 2.05) is 24.3 Å². The van der Waals surface area contributed by atoms with Gasteiger partial charge in [0.05, 0.1) is 0 Å². The summed E-state index contributed by atoms with van der Waals surface area (Å²) >= 11 is 0. The van der Waals surface area contributed by atoms with Gasteiger partial charge in [0.1, 0.15) is 12.4 Å². The number of urea groups is 1. The van der Waals surface area contributed by atoms with E-state index in [4.69, 9.17) is 0 Å². The van der Waals surface area contributed by atoms with Crippen LogP contribution in [0.15, 0.2) is 48.5 Å². The van der Waals surface area contributed by atoms with Crippen LogP contribution in [0, 0.1) is 5.82 Å². The van der Waals surface area contributed by atoms with Crippen LogP contribution in [-0.2, 0) is 4.79 Å². The first-order valence-corrected chi connectivity index (χ1v) is 10.4. The Kier molecular flexibility index (Phi) is 5.88. The van der Waals surface area contributed by atoms with Gasteiger partial charge in [-0.05, 0) is 55.5 Å². The zero-order valence-corrected chi connectivity index (χ0v) is 17.5. The van der Waals surface area contributed by atoms with Crippen LogP contribution in [0.4, 0.5) is 20.6 Å². The van der Waals surface area contributed by atoms with E-state index in [1.54, 1.807) is 33.8 Å². The molecule has 0 radical (unpaired) electrons. The van der Waals surface area contributed by atoms with E-state index in [1.165, 1.54) is 12.1 Å². The molecule has 2 fully saturated rings. The van der Waals surface area contributed by atoms with E-state index in [0.717, 1.165) is 5.69 Å². The quantitative estimate of drug-likeness (QED) is 0.693. The van der Waals surface area contributed by atoms with E-state index in [0.29, 0.717) is 50.5 Å². The molecule has 3 amide bonds. The van der Waals surface area contributed by atoms with Crippen molar-refractivity contribution in [1.29, 1.82) is 0 Å². The Morgan fingerprint density at radius 2 is 1.45 bits per heavy atom. The molecule has 0 saturated carbocycles. The van der Waals surface area contributed by atoms with Crippen molar-refractivity contribution in [2.45, 2.75) is 6.92 Å². The molecule has 8 heteroatoms. The lowest BCUT2D eigenvalue weighted by molar-refractivity contribution is -0.131. The van der Waals surface area contributed by atoms with Crippen LogP contribution in [0.2, 0.25) is 0 Å². The molecule has 0 aromatic heterocycles. The SMILES string of the molecule is CC(=O)c1ccc(N2CCN(C(=O)CN3CCN(c4ccc(F)cc4)C3=O)CC2)cc1. The van der Waals surface area contributed by atoms with Gasteiger partial charge >= 0.3 is 6.03 Å². The Bertz CT molecular complexity index is 969. The molecule has 2 aromatic rings. The van der Waals surface area contributed by atoms with Crippen molar-refractivity contribution in [2.24, 2.45) is 0 Å². The van der Waals surface area contributed by atoms with Crippen LogP contribution in [0.5, 0.6) is 0 Å². The number of anilines is 2. The summed E-state index contributed by atoms with van der Waals surface area (Å²) in [5, 5.41) is 0. The average Bonchev–Trinajstić information content (AvgIpc) is 3.14. The lowest BCUT2D eigenvalue weighted by Gasteiger charge is -2.36. The van der Waals surface area contributed by atoms with Gasteiger partial charge in [0.25, 0.3) is 0 Å². The molecule has 7 nitrogen and oxygen atoms in total. The minimum atomic E-state index is -0.351. The molecule has 4 rings (SSSR count). The maximum absolute atomic E-state index is 13.1. The first-order chi connectivity index (χ1) is 14.9. The standard InChI is InChI=1S/C23H25FN4O3/c1-17(29)18-2-6-20(7-3-18)25-10-12-26(13-11-25)22(30)16-27-14-15-28(23(27)31)21-8-4-19(24)5-9-21/h2-9H,10-16H2,1H3. The molecule has 2 aromatic carbocycles. The van der Waals surface area contributed by atoms with Gasteiger partial charge in [-0.3, -0.25) is 14.5 Å². The monoisotopic (exact) mass is 424 g/mol. The normalized spacial score (nSPS) is 16.8. The Morgan fingerprint density at radius 3 is 2.06 bits per heavy atom. The van der Waals surface area contributed by atoms with Crippen molar-refractivity contribution >= 4 is 29.1 Å². The smallest absolute Gasteiger partial charge is 0.325 e. The summed E-state index contributed by atoms with van der Waals surface area (Å²) in [7, 11) is 0. The maximum atomic E-state index is 13.1. The van der Waals surface area contributed by atoms with Gasteiger partial charge in [-0.25, -0.2) is 9.18 Å². The number of nitrogens with zero attached hydrogens (tertiary/aromatic N) is 4. The summed E-state index contributed by atoms with van der Waals surface area (Å²) in [6, 6.07) is 13.1. The Morgan fingerprint density at radius 1 is 0.839 bits per heavy atom. The maximum Gasteiger partial charge on any atom is 0.325 e. The highest BCUT2D eigenvalue weighted by molar-refractivity contribution is 5.96. The van der Waals surface area contributed by atoms with Gasteiger partial charge in [0, 0.05) is 56.2 Å². The van der Waals surface area contributed by atoms with Crippen molar-refractivity contribution in [1.82, 2.24) is 9.80 Å². The summed E-state index contributed by atoms with van der Waals surface area (Å²) in [6.45, 7) is 5.08. The molecule has 2 aliphatic heterocycles. The molecule has 0 unspecified atom stereocenters. The zero-order chi connectivity index (χ0) is 22.0. The number of carbonyl (C=O) groups excluding carboxylic acids is 3. The number of hydrogen-bond donors (Lipinski definition) is 0. The van der Waals surface area contributed by atoms with Crippen LogP contribution >= 0.6 is 0 Å². The number of carbonyl (C=O) groups is 3. The molecule has 2 heterocycles. The fourth-order valence-electron chi connectivity index (χ4n) is 3.97. The van der Waals surface area contributed by atoms with Crippen LogP contribution in [0.3, 0.4) is 0 Å². The fourth-order valence-corrected chi connectivity index (χ4v) is 3.97. The molecule has 31 heavy (non-hydrogen) atoms. The van der Waals surface area contributed by atoms with E-state index >= 15 is 0 Å². The van der Waals surface area contributed by atoms with Crippen LogP contribution in [-0.4, -0.2) is 73.3 Å². The second-order valence-electron chi connectivity index (χ2n) is 7.80. The van der Waals surface area contributed by atoms with Crippen molar-refractivity contribution in [3.8, 4) is 0 Å². The summed E-state index contributed by atoms with van der Waals surface area (Å²) in [5.41, 5.74) is 2.34. The molecule has 0 N–H and O–H groups in total. The van der Waals surface area contributed by atoms with Crippen LogP contribution < -0.4 is 9.80 Å². The highest BCUT2D eigenvalue weighted by Gasteiger charge is 2.32. The summed E-state index contributed by atoms with van der Waals surface area (Å²) in [4.78, 5) is 43.9. The predicted molar refractivity (Wildman–Crippen MR) is 116 cm³/mol. The summed E-state index contributed by atoms with van der Waals surface area (Å²) < 4.78 is 13.1.